The summed E-state index contributed by atoms with van der Waals surface area (Å²) in [7, 11) is 0. The van der Waals surface area contributed by atoms with E-state index in [0.29, 0.717) is 12.1 Å². The molecule has 1 unspecified atom stereocenters. The number of benzene rings is 2. The maximum Gasteiger partial charge on any atom is 0.260 e. The van der Waals surface area contributed by atoms with Crippen LogP contribution in [0.4, 0.5) is 5.13 Å². The predicted octanol–water partition coefficient (Wildman–Crippen LogP) is 5.41. The van der Waals surface area contributed by atoms with Gasteiger partial charge in [-0.3, -0.25) is 9.69 Å². The van der Waals surface area contributed by atoms with E-state index in [1.807, 2.05) is 35.4 Å². The Kier molecular flexibility index (Phi) is 5.99. The average molecular weight is 413 g/mol. The van der Waals surface area contributed by atoms with E-state index < -0.39 is 0 Å². The van der Waals surface area contributed by atoms with Crippen LogP contribution in [0.5, 0.6) is 0 Å². The van der Waals surface area contributed by atoms with Crippen molar-refractivity contribution in [3.05, 3.63) is 53.6 Å². The van der Waals surface area contributed by atoms with E-state index in [0.717, 1.165) is 46.1 Å². The number of thioether (sulfide) groups is 1. The van der Waals surface area contributed by atoms with Crippen molar-refractivity contribution in [1.29, 1.82) is 0 Å². The molecule has 0 bridgehead atoms. The minimum absolute atomic E-state index is 0.0137. The summed E-state index contributed by atoms with van der Waals surface area (Å²) in [6.45, 7) is 3.45. The minimum atomic E-state index is -0.0137. The summed E-state index contributed by atoms with van der Waals surface area (Å²) < 4.78 is 6.95. The molecular formula is C22H24N2O2S2. The molecule has 0 radical (unpaired) electrons. The van der Waals surface area contributed by atoms with Crippen LogP contribution >= 0.6 is 23.1 Å². The zero-order valence-electron chi connectivity index (χ0n) is 16.2. The van der Waals surface area contributed by atoms with Gasteiger partial charge in [-0.25, -0.2) is 4.98 Å². The largest absolute Gasteiger partial charge is 0.376 e. The standard InChI is InChI=1S/C22H24N2O2S2/c1-3-15-6-4-8-19-20(15)23-22(28-19)24(14-17-7-5-13-26-17)21(25)16-9-11-18(27-2)12-10-16/h4,6,8-12,17H,3,5,7,13-14H2,1-2H3. The van der Waals surface area contributed by atoms with Crippen molar-refractivity contribution < 1.29 is 9.53 Å². The molecular weight excluding hydrogens is 388 g/mol. The van der Waals surface area contributed by atoms with Gasteiger partial charge in [0, 0.05) is 17.1 Å². The molecule has 1 aliphatic rings. The van der Waals surface area contributed by atoms with Crippen molar-refractivity contribution in [1.82, 2.24) is 4.98 Å². The van der Waals surface area contributed by atoms with Gasteiger partial charge in [0.25, 0.3) is 5.91 Å². The highest BCUT2D eigenvalue weighted by molar-refractivity contribution is 7.98. The third-order valence-corrected chi connectivity index (χ3v) is 6.88. The Morgan fingerprint density at radius 3 is 2.79 bits per heavy atom. The number of aryl methyl sites for hydroxylation is 1. The molecule has 146 valence electrons. The highest BCUT2D eigenvalue weighted by Crippen LogP contribution is 2.33. The SMILES string of the molecule is CCc1cccc2sc(N(CC3CCCO3)C(=O)c3ccc(SC)cc3)nc12. The molecule has 2 heterocycles. The molecule has 1 amide bonds. The van der Waals surface area contributed by atoms with Crippen molar-refractivity contribution in [2.45, 2.75) is 37.2 Å². The predicted molar refractivity (Wildman–Crippen MR) is 118 cm³/mol. The third kappa shape index (κ3) is 3.95. The minimum Gasteiger partial charge on any atom is -0.376 e. The van der Waals surface area contributed by atoms with Crippen LogP contribution in [0.25, 0.3) is 10.2 Å². The number of para-hydroxylation sites is 1. The second-order valence-electron chi connectivity index (χ2n) is 6.89. The van der Waals surface area contributed by atoms with Crippen molar-refractivity contribution in [3.63, 3.8) is 0 Å². The average Bonchev–Trinajstić information content (AvgIpc) is 3.40. The van der Waals surface area contributed by atoms with Gasteiger partial charge in [-0.15, -0.1) is 11.8 Å². The van der Waals surface area contributed by atoms with Crippen LogP contribution in [0, 0.1) is 0 Å². The van der Waals surface area contributed by atoms with Crippen molar-refractivity contribution in [3.8, 4) is 0 Å². The van der Waals surface area contributed by atoms with E-state index in [1.54, 1.807) is 23.1 Å². The lowest BCUT2D eigenvalue weighted by Gasteiger charge is -2.23. The summed E-state index contributed by atoms with van der Waals surface area (Å²) in [5.41, 5.74) is 2.91. The molecule has 4 nitrogen and oxygen atoms in total. The Labute approximate surface area is 173 Å². The van der Waals surface area contributed by atoms with E-state index in [2.05, 4.69) is 25.1 Å². The van der Waals surface area contributed by atoms with Crippen LogP contribution in [0.15, 0.2) is 47.4 Å². The number of hydrogen-bond donors (Lipinski definition) is 0. The molecule has 6 heteroatoms. The van der Waals surface area contributed by atoms with Crippen LogP contribution in [0.3, 0.4) is 0 Å². The van der Waals surface area contributed by atoms with Crippen molar-refractivity contribution in [2.75, 3.05) is 24.3 Å². The fourth-order valence-corrected chi connectivity index (χ4v) is 4.95. The number of hydrogen-bond acceptors (Lipinski definition) is 5. The number of carbonyl (C=O) groups is 1. The topological polar surface area (TPSA) is 42.4 Å². The summed E-state index contributed by atoms with van der Waals surface area (Å²) in [4.78, 5) is 21.2. The Hall–Kier alpha value is -1.89. The molecule has 1 atom stereocenters. The van der Waals surface area contributed by atoms with Crippen LogP contribution in [0.2, 0.25) is 0 Å². The number of thiazole rings is 1. The number of anilines is 1. The second-order valence-corrected chi connectivity index (χ2v) is 8.78. The first-order valence-electron chi connectivity index (χ1n) is 9.65. The lowest BCUT2D eigenvalue weighted by atomic mass is 10.1. The zero-order valence-corrected chi connectivity index (χ0v) is 17.8. The van der Waals surface area contributed by atoms with Crippen LogP contribution in [0.1, 0.15) is 35.7 Å². The molecule has 0 N–H and O–H groups in total. The normalized spacial score (nSPS) is 16.6. The number of ether oxygens (including phenoxy) is 1. The molecule has 4 rings (SSSR count). The van der Waals surface area contributed by atoms with Gasteiger partial charge in [0.2, 0.25) is 0 Å². The van der Waals surface area contributed by atoms with E-state index in [-0.39, 0.29) is 12.0 Å². The quantitative estimate of drug-likeness (QED) is 0.508. The van der Waals surface area contributed by atoms with Crippen LogP contribution in [-0.4, -0.2) is 36.4 Å². The van der Waals surface area contributed by atoms with Gasteiger partial charge >= 0.3 is 0 Å². The van der Waals surface area contributed by atoms with E-state index >= 15 is 0 Å². The van der Waals surface area contributed by atoms with Gasteiger partial charge in [-0.1, -0.05) is 30.4 Å². The summed E-state index contributed by atoms with van der Waals surface area (Å²) in [6.07, 6.45) is 5.07. The molecule has 1 fully saturated rings. The highest BCUT2D eigenvalue weighted by atomic mass is 32.2. The van der Waals surface area contributed by atoms with Crippen molar-refractivity contribution in [2.24, 2.45) is 0 Å². The van der Waals surface area contributed by atoms with Gasteiger partial charge < -0.3 is 4.74 Å². The summed E-state index contributed by atoms with van der Waals surface area (Å²) in [6, 6.07) is 14.1. The molecule has 2 aromatic carbocycles. The van der Waals surface area contributed by atoms with Gasteiger partial charge in [-0.2, -0.15) is 0 Å². The van der Waals surface area contributed by atoms with Gasteiger partial charge in [-0.05, 0) is 61.4 Å². The fourth-order valence-electron chi connectivity index (χ4n) is 3.52. The number of nitrogens with zero attached hydrogens (tertiary/aromatic N) is 2. The molecule has 0 spiro atoms. The van der Waals surface area contributed by atoms with E-state index in [9.17, 15) is 4.79 Å². The van der Waals surface area contributed by atoms with Crippen LogP contribution < -0.4 is 4.90 Å². The first-order valence-corrected chi connectivity index (χ1v) is 11.7. The monoisotopic (exact) mass is 412 g/mol. The zero-order chi connectivity index (χ0) is 19.5. The first-order chi connectivity index (χ1) is 13.7. The number of aromatic nitrogens is 1. The van der Waals surface area contributed by atoms with E-state index in [4.69, 9.17) is 9.72 Å². The van der Waals surface area contributed by atoms with E-state index in [1.165, 1.54) is 5.56 Å². The molecule has 1 aromatic heterocycles. The number of fused-ring (bicyclic) bond motifs is 1. The van der Waals surface area contributed by atoms with Gasteiger partial charge in [0.15, 0.2) is 5.13 Å². The molecule has 1 saturated heterocycles. The van der Waals surface area contributed by atoms with Crippen molar-refractivity contribution >= 4 is 44.4 Å². The molecule has 1 aliphatic heterocycles. The Bertz CT molecular complexity index is 962. The Morgan fingerprint density at radius 1 is 1.29 bits per heavy atom. The maximum absolute atomic E-state index is 13.4. The Balaban J connectivity index is 1.71. The lowest BCUT2D eigenvalue weighted by molar-refractivity contribution is 0.0917. The molecule has 28 heavy (non-hydrogen) atoms. The summed E-state index contributed by atoms with van der Waals surface area (Å²) in [5.74, 6) is -0.0137. The van der Waals surface area contributed by atoms with Crippen LogP contribution in [-0.2, 0) is 11.2 Å². The lowest BCUT2D eigenvalue weighted by Crippen LogP contribution is -2.37. The third-order valence-electron chi connectivity index (χ3n) is 5.10. The highest BCUT2D eigenvalue weighted by Gasteiger charge is 2.27. The summed E-state index contributed by atoms with van der Waals surface area (Å²) in [5, 5.41) is 0.755. The maximum atomic E-state index is 13.4. The number of carbonyl (C=O) groups excluding carboxylic acids is 1. The molecule has 0 saturated carbocycles. The first kappa shape index (κ1) is 19.4. The van der Waals surface area contributed by atoms with Gasteiger partial charge in [0.1, 0.15) is 0 Å². The molecule has 0 aliphatic carbocycles. The molecule has 3 aromatic rings. The number of rotatable bonds is 6. The fraction of sp³-hybridized carbons (Fsp3) is 0.364. The Morgan fingerprint density at radius 2 is 2.11 bits per heavy atom. The smallest absolute Gasteiger partial charge is 0.260 e. The number of amides is 1. The summed E-state index contributed by atoms with van der Waals surface area (Å²) >= 11 is 3.26. The van der Waals surface area contributed by atoms with Gasteiger partial charge in [0.05, 0.1) is 22.9 Å². The second kappa shape index (κ2) is 8.64.